The summed E-state index contributed by atoms with van der Waals surface area (Å²) in [4.78, 5) is 4.55. The lowest BCUT2D eigenvalue weighted by molar-refractivity contribution is 0.700. The van der Waals surface area contributed by atoms with E-state index in [-0.39, 0.29) is 0 Å². The van der Waals surface area contributed by atoms with Gasteiger partial charge in [-0.1, -0.05) is 24.4 Å². The second kappa shape index (κ2) is 5.89. The van der Waals surface area contributed by atoms with Gasteiger partial charge in [-0.05, 0) is 37.1 Å². The summed E-state index contributed by atoms with van der Waals surface area (Å²) in [5.74, 6) is 6.07. The molecule has 0 spiro atoms. The molecule has 5 heteroatoms. The van der Waals surface area contributed by atoms with Crippen molar-refractivity contribution in [2.75, 3.05) is 5.32 Å². The molecule has 1 aliphatic rings. The number of nitrogens with two attached hydrogens (primary N) is 1. The Bertz CT molecular complexity index is 382. The zero-order chi connectivity index (χ0) is 12.1. The predicted octanol–water partition coefficient (Wildman–Crippen LogP) is 2.51. The quantitative estimate of drug-likeness (QED) is 0.328. The van der Waals surface area contributed by atoms with Crippen LogP contribution in [0.15, 0.2) is 29.3 Å². The molecule has 1 saturated carbocycles. The second-order valence-corrected chi connectivity index (χ2v) is 4.63. The van der Waals surface area contributed by atoms with E-state index in [1.54, 1.807) is 0 Å². The van der Waals surface area contributed by atoms with Crippen molar-refractivity contribution in [1.29, 1.82) is 0 Å². The van der Waals surface area contributed by atoms with Gasteiger partial charge in [-0.15, -0.1) is 0 Å². The normalized spacial score (nSPS) is 17.2. The van der Waals surface area contributed by atoms with E-state index in [0.717, 1.165) is 18.5 Å². The highest BCUT2D eigenvalue weighted by Gasteiger charge is 2.14. The lowest BCUT2D eigenvalue weighted by Crippen LogP contribution is -2.37. The highest BCUT2D eigenvalue weighted by atomic mass is 35.5. The van der Waals surface area contributed by atoms with Crippen LogP contribution in [0.3, 0.4) is 0 Å². The highest BCUT2D eigenvalue weighted by Crippen LogP contribution is 2.21. The van der Waals surface area contributed by atoms with E-state index in [2.05, 4.69) is 15.7 Å². The Kier molecular flexibility index (Phi) is 4.23. The minimum Gasteiger partial charge on any atom is -0.325 e. The SMILES string of the molecule is NNC(=NC1CCCC1)Nc1ccc(Cl)cc1. The van der Waals surface area contributed by atoms with Crippen molar-refractivity contribution in [3.63, 3.8) is 0 Å². The number of guanidine groups is 1. The second-order valence-electron chi connectivity index (χ2n) is 4.19. The van der Waals surface area contributed by atoms with Crippen molar-refractivity contribution < 1.29 is 0 Å². The van der Waals surface area contributed by atoms with Crippen molar-refractivity contribution in [3.05, 3.63) is 29.3 Å². The van der Waals surface area contributed by atoms with Crippen LogP contribution in [0.4, 0.5) is 5.69 Å². The average Bonchev–Trinajstić information content (AvgIpc) is 2.84. The summed E-state index contributed by atoms with van der Waals surface area (Å²) in [5.41, 5.74) is 3.52. The Labute approximate surface area is 106 Å². The molecular formula is C12H17ClN4. The van der Waals surface area contributed by atoms with E-state index in [1.165, 1.54) is 12.8 Å². The van der Waals surface area contributed by atoms with Crippen molar-refractivity contribution >= 4 is 23.2 Å². The fourth-order valence-corrected chi connectivity index (χ4v) is 2.12. The van der Waals surface area contributed by atoms with Gasteiger partial charge in [-0.2, -0.15) is 0 Å². The lowest BCUT2D eigenvalue weighted by Gasteiger charge is -2.11. The summed E-state index contributed by atoms with van der Waals surface area (Å²) in [5, 5.41) is 3.85. The number of benzene rings is 1. The number of nitrogens with one attached hydrogen (secondary N) is 2. The molecule has 0 aliphatic heterocycles. The molecule has 1 fully saturated rings. The number of hydrogen-bond acceptors (Lipinski definition) is 2. The van der Waals surface area contributed by atoms with E-state index < -0.39 is 0 Å². The zero-order valence-corrected chi connectivity index (χ0v) is 10.4. The maximum atomic E-state index is 5.82. The molecule has 0 amide bonds. The van der Waals surface area contributed by atoms with Gasteiger partial charge in [-0.25, -0.2) is 10.8 Å². The van der Waals surface area contributed by atoms with Gasteiger partial charge in [0.2, 0.25) is 5.96 Å². The minimum absolute atomic E-state index is 0.390. The van der Waals surface area contributed by atoms with Crippen molar-refractivity contribution in [2.24, 2.45) is 10.8 Å². The van der Waals surface area contributed by atoms with Crippen molar-refractivity contribution in [3.8, 4) is 0 Å². The number of rotatable bonds is 2. The third kappa shape index (κ3) is 3.61. The van der Waals surface area contributed by atoms with Crippen LogP contribution < -0.4 is 16.6 Å². The molecule has 0 bridgehead atoms. The van der Waals surface area contributed by atoms with Gasteiger partial charge in [0.1, 0.15) is 0 Å². The molecule has 2 rings (SSSR count). The summed E-state index contributed by atoms with van der Waals surface area (Å²) in [6, 6.07) is 7.83. The van der Waals surface area contributed by atoms with Crippen LogP contribution in [0.25, 0.3) is 0 Å². The predicted molar refractivity (Wildman–Crippen MR) is 72.1 cm³/mol. The third-order valence-corrected chi connectivity index (χ3v) is 3.13. The Morgan fingerprint density at radius 2 is 1.88 bits per heavy atom. The fraction of sp³-hybridized carbons (Fsp3) is 0.417. The Morgan fingerprint density at radius 1 is 1.24 bits per heavy atom. The molecule has 0 unspecified atom stereocenters. The number of anilines is 1. The Morgan fingerprint density at radius 3 is 2.47 bits per heavy atom. The average molecular weight is 253 g/mol. The van der Waals surface area contributed by atoms with E-state index in [4.69, 9.17) is 17.4 Å². The topological polar surface area (TPSA) is 62.4 Å². The first-order valence-corrected chi connectivity index (χ1v) is 6.23. The molecule has 92 valence electrons. The van der Waals surface area contributed by atoms with Crippen LogP contribution >= 0.6 is 11.6 Å². The molecule has 4 nitrogen and oxygen atoms in total. The van der Waals surface area contributed by atoms with E-state index in [0.29, 0.717) is 17.0 Å². The molecule has 4 N–H and O–H groups in total. The largest absolute Gasteiger partial charge is 0.325 e. The van der Waals surface area contributed by atoms with Gasteiger partial charge in [0, 0.05) is 10.7 Å². The molecule has 1 aromatic carbocycles. The van der Waals surface area contributed by atoms with E-state index >= 15 is 0 Å². The van der Waals surface area contributed by atoms with Crippen LogP contribution in [-0.2, 0) is 0 Å². The van der Waals surface area contributed by atoms with Crippen LogP contribution in [0.5, 0.6) is 0 Å². The van der Waals surface area contributed by atoms with Crippen LogP contribution in [0, 0.1) is 0 Å². The molecule has 0 atom stereocenters. The first kappa shape index (κ1) is 12.2. The Balaban J connectivity index is 2.01. The van der Waals surface area contributed by atoms with Gasteiger partial charge in [0.25, 0.3) is 0 Å². The number of hydrazine groups is 1. The zero-order valence-electron chi connectivity index (χ0n) is 9.62. The summed E-state index contributed by atoms with van der Waals surface area (Å²) in [6.07, 6.45) is 4.81. The maximum absolute atomic E-state index is 5.82. The standard InChI is InChI=1S/C12H17ClN4/c13-9-5-7-11(8-6-9)16-12(17-14)15-10-3-1-2-4-10/h5-8,10H,1-4,14H2,(H2,15,16,17). The third-order valence-electron chi connectivity index (χ3n) is 2.88. The molecule has 1 aromatic rings. The monoisotopic (exact) mass is 252 g/mol. The molecule has 1 aliphatic carbocycles. The smallest absolute Gasteiger partial charge is 0.210 e. The van der Waals surface area contributed by atoms with Crippen molar-refractivity contribution in [1.82, 2.24) is 5.43 Å². The molecule has 0 heterocycles. The van der Waals surface area contributed by atoms with Gasteiger partial charge in [-0.3, -0.25) is 5.43 Å². The summed E-state index contributed by atoms with van der Waals surface area (Å²) in [7, 11) is 0. The Hall–Kier alpha value is -1.26. The van der Waals surface area contributed by atoms with Gasteiger partial charge in [0.15, 0.2) is 0 Å². The summed E-state index contributed by atoms with van der Waals surface area (Å²) >= 11 is 5.82. The first-order valence-electron chi connectivity index (χ1n) is 5.85. The summed E-state index contributed by atoms with van der Waals surface area (Å²) < 4.78 is 0. The minimum atomic E-state index is 0.390. The molecule has 0 saturated heterocycles. The van der Waals surface area contributed by atoms with E-state index in [1.807, 2.05) is 24.3 Å². The summed E-state index contributed by atoms with van der Waals surface area (Å²) in [6.45, 7) is 0. The van der Waals surface area contributed by atoms with Crippen LogP contribution in [0.2, 0.25) is 5.02 Å². The van der Waals surface area contributed by atoms with Gasteiger partial charge in [0.05, 0.1) is 6.04 Å². The number of aliphatic imine (C=N–C) groups is 1. The van der Waals surface area contributed by atoms with Crippen LogP contribution in [0.1, 0.15) is 25.7 Å². The van der Waals surface area contributed by atoms with Gasteiger partial charge >= 0.3 is 0 Å². The molecule has 0 aromatic heterocycles. The highest BCUT2D eigenvalue weighted by molar-refractivity contribution is 6.30. The van der Waals surface area contributed by atoms with Gasteiger partial charge < -0.3 is 5.32 Å². The fourth-order valence-electron chi connectivity index (χ4n) is 1.99. The van der Waals surface area contributed by atoms with E-state index in [9.17, 15) is 0 Å². The molecular weight excluding hydrogens is 236 g/mol. The number of nitrogens with zero attached hydrogens (tertiary/aromatic N) is 1. The first-order chi connectivity index (χ1) is 8.28. The van der Waals surface area contributed by atoms with Crippen molar-refractivity contribution in [2.45, 2.75) is 31.7 Å². The molecule has 17 heavy (non-hydrogen) atoms. The lowest BCUT2D eigenvalue weighted by atomic mass is 10.3. The van der Waals surface area contributed by atoms with Crippen LogP contribution in [-0.4, -0.2) is 12.0 Å². The number of hydrogen-bond donors (Lipinski definition) is 3. The number of halogens is 1. The maximum Gasteiger partial charge on any atom is 0.210 e. The molecule has 0 radical (unpaired) electrons.